The molecule has 2 heterocycles. The second kappa shape index (κ2) is 9.68. The molecule has 2 aromatic rings. The van der Waals surface area contributed by atoms with Gasteiger partial charge in [-0.15, -0.1) is 0 Å². The number of amidine groups is 1. The molecule has 8 heteroatoms. The molecule has 1 aliphatic rings. The summed E-state index contributed by atoms with van der Waals surface area (Å²) in [5.74, 6) is 0.769. The van der Waals surface area contributed by atoms with Crippen LogP contribution in [0.1, 0.15) is 38.3 Å². The molecule has 0 saturated carbocycles. The highest BCUT2D eigenvalue weighted by Crippen LogP contribution is 2.21. The zero-order chi connectivity index (χ0) is 22.4. The number of piperazine rings is 1. The van der Waals surface area contributed by atoms with Crippen molar-refractivity contribution in [1.82, 2.24) is 4.98 Å². The number of aromatic nitrogens is 1. The van der Waals surface area contributed by atoms with Crippen molar-refractivity contribution in [2.75, 3.05) is 36.0 Å². The van der Waals surface area contributed by atoms with Gasteiger partial charge in [-0.05, 0) is 57.0 Å². The molecule has 0 unspecified atom stereocenters. The molecule has 0 radical (unpaired) electrons. The fourth-order valence-corrected chi connectivity index (χ4v) is 3.49. The molecule has 166 valence electrons. The third-order valence-corrected chi connectivity index (χ3v) is 5.09. The number of anilines is 2. The van der Waals surface area contributed by atoms with Crippen molar-refractivity contribution >= 4 is 23.3 Å². The van der Waals surface area contributed by atoms with E-state index in [0.29, 0.717) is 18.4 Å². The number of ether oxygens (including phenoxy) is 1. The number of rotatable bonds is 6. The highest BCUT2D eigenvalue weighted by molar-refractivity contribution is 5.96. The van der Waals surface area contributed by atoms with Crippen LogP contribution in [0.4, 0.5) is 11.5 Å². The lowest BCUT2D eigenvalue weighted by atomic mass is 10.1. The number of pyridine rings is 1. The third-order valence-electron chi connectivity index (χ3n) is 5.09. The van der Waals surface area contributed by atoms with E-state index in [1.54, 1.807) is 12.3 Å². The van der Waals surface area contributed by atoms with Crippen molar-refractivity contribution in [3.63, 3.8) is 0 Å². The average molecular weight is 426 g/mol. The average Bonchev–Trinajstić information content (AvgIpc) is 2.76. The van der Waals surface area contributed by atoms with E-state index in [0.717, 1.165) is 37.6 Å². The van der Waals surface area contributed by atoms with Gasteiger partial charge in [0, 0.05) is 50.0 Å². The summed E-state index contributed by atoms with van der Waals surface area (Å²) >= 11 is 0. The predicted octanol–water partition coefficient (Wildman–Crippen LogP) is 2.78. The van der Waals surface area contributed by atoms with Crippen LogP contribution in [0, 0.1) is 0 Å². The van der Waals surface area contributed by atoms with E-state index in [1.165, 1.54) is 5.69 Å². The molecular formula is C23H31N5O3. The molecule has 3 N–H and O–H groups in total. The summed E-state index contributed by atoms with van der Waals surface area (Å²) in [5.41, 5.74) is 8.05. The van der Waals surface area contributed by atoms with E-state index < -0.39 is 5.60 Å². The molecule has 0 spiro atoms. The molecule has 8 nitrogen and oxygen atoms in total. The Morgan fingerprint density at radius 1 is 1.10 bits per heavy atom. The molecular weight excluding hydrogens is 394 g/mol. The van der Waals surface area contributed by atoms with Gasteiger partial charge in [-0.2, -0.15) is 0 Å². The summed E-state index contributed by atoms with van der Waals surface area (Å²) < 4.78 is 5.37. The summed E-state index contributed by atoms with van der Waals surface area (Å²) in [7, 11) is 0. The fraction of sp³-hybridized carbons (Fsp3) is 0.435. The van der Waals surface area contributed by atoms with Gasteiger partial charge >= 0.3 is 5.97 Å². The van der Waals surface area contributed by atoms with Crippen molar-refractivity contribution in [3.8, 4) is 0 Å². The fourth-order valence-electron chi connectivity index (χ4n) is 3.49. The van der Waals surface area contributed by atoms with Crippen LogP contribution < -0.4 is 15.5 Å². The zero-order valence-corrected chi connectivity index (χ0v) is 18.4. The number of esters is 1. The quantitative estimate of drug-likeness (QED) is 0.241. The predicted molar refractivity (Wildman–Crippen MR) is 122 cm³/mol. The number of nitrogens with zero attached hydrogens (tertiary/aromatic N) is 4. The Labute approximate surface area is 183 Å². The maximum Gasteiger partial charge on any atom is 0.306 e. The van der Waals surface area contributed by atoms with Crippen molar-refractivity contribution in [1.29, 1.82) is 0 Å². The maximum atomic E-state index is 11.9. The van der Waals surface area contributed by atoms with Gasteiger partial charge in [-0.25, -0.2) is 4.98 Å². The Bertz CT molecular complexity index is 896. The van der Waals surface area contributed by atoms with E-state index in [2.05, 4.69) is 44.2 Å². The molecule has 31 heavy (non-hydrogen) atoms. The van der Waals surface area contributed by atoms with Crippen molar-refractivity contribution in [2.24, 2.45) is 10.9 Å². The largest absolute Gasteiger partial charge is 0.460 e. The number of hydrogen-bond donors (Lipinski definition) is 2. The van der Waals surface area contributed by atoms with Gasteiger partial charge in [0.05, 0.1) is 0 Å². The first-order valence-corrected chi connectivity index (χ1v) is 10.5. The monoisotopic (exact) mass is 425 g/mol. The van der Waals surface area contributed by atoms with Gasteiger partial charge in [0.25, 0.3) is 0 Å². The number of hydrogen-bond acceptors (Lipinski definition) is 7. The van der Waals surface area contributed by atoms with Crippen LogP contribution in [0.5, 0.6) is 0 Å². The molecule has 1 aromatic carbocycles. The van der Waals surface area contributed by atoms with Gasteiger partial charge in [0.2, 0.25) is 0 Å². The van der Waals surface area contributed by atoms with E-state index in [4.69, 9.17) is 15.7 Å². The Morgan fingerprint density at radius 2 is 1.74 bits per heavy atom. The Hall–Kier alpha value is -3.29. The van der Waals surface area contributed by atoms with Crippen LogP contribution in [0.2, 0.25) is 0 Å². The first-order valence-electron chi connectivity index (χ1n) is 10.5. The molecule has 0 bridgehead atoms. The summed E-state index contributed by atoms with van der Waals surface area (Å²) in [6.45, 7) is 9.14. The minimum Gasteiger partial charge on any atom is -0.460 e. The number of benzene rings is 1. The lowest BCUT2D eigenvalue weighted by Gasteiger charge is -2.36. The third kappa shape index (κ3) is 6.34. The minimum atomic E-state index is -0.443. The molecule has 0 amide bonds. The topological polar surface area (TPSA) is 104 Å². The minimum absolute atomic E-state index is 0.0541. The Balaban J connectivity index is 1.50. The standard InChI is InChI=1S/C23H31N5O3/c1-23(2,3)31-21(29)11-6-17-4-8-19(9-5-17)27-12-14-28(15-13-27)20-10-7-18(16-25-20)22(24)26-30/h4-5,7-10,16,30H,6,11-15H2,1-3H3,(H2,24,26). The molecule has 3 rings (SSSR count). The molecule has 0 atom stereocenters. The van der Waals surface area contributed by atoms with Crippen molar-refractivity contribution in [3.05, 3.63) is 53.7 Å². The summed E-state index contributed by atoms with van der Waals surface area (Å²) in [5, 5.41) is 11.8. The first kappa shape index (κ1) is 22.4. The molecule has 1 saturated heterocycles. The summed E-state index contributed by atoms with van der Waals surface area (Å²) in [6.07, 6.45) is 2.68. The van der Waals surface area contributed by atoms with Crippen LogP contribution in [0.15, 0.2) is 47.8 Å². The van der Waals surface area contributed by atoms with Crippen LogP contribution in [-0.2, 0) is 16.0 Å². The van der Waals surface area contributed by atoms with Crippen LogP contribution in [0.25, 0.3) is 0 Å². The van der Waals surface area contributed by atoms with E-state index in [1.807, 2.05) is 26.8 Å². The van der Waals surface area contributed by atoms with Crippen LogP contribution in [0.3, 0.4) is 0 Å². The normalized spacial score (nSPS) is 15.1. The first-order chi connectivity index (χ1) is 14.7. The summed E-state index contributed by atoms with van der Waals surface area (Å²) in [6, 6.07) is 12.1. The van der Waals surface area contributed by atoms with Gasteiger partial charge in [-0.1, -0.05) is 17.3 Å². The van der Waals surface area contributed by atoms with Gasteiger partial charge in [-0.3, -0.25) is 4.79 Å². The molecule has 1 aromatic heterocycles. The van der Waals surface area contributed by atoms with E-state index in [9.17, 15) is 4.79 Å². The highest BCUT2D eigenvalue weighted by Gasteiger charge is 2.19. The van der Waals surface area contributed by atoms with Crippen LogP contribution in [-0.4, -0.2) is 53.8 Å². The number of oxime groups is 1. The highest BCUT2D eigenvalue weighted by atomic mass is 16.6. The zero-order valence-electron chi connectivity index (χ0n) is 18.4. The number of carbonyl (C=O) groups is 1. The lowest BCUT2D eigenvalue weighted by molar-refractivity contribution is -0.154. The van der Waals surface area contributed by atoms with Gasteiger partial charge in [0.15, 0.2) is 5.84 Å². The lowest BCUT2D eigenvalue weighted by Crippen LogP contribution is -2.46. The maximum absolute atomic E-state index is 11.9. The summed E-state index contributed by atoms with van der Waals surface area (Å²) in [4.78, 5) is 20.9. The number of nitrogens with two attached hydrogens (primary N) is 1. The SMILES string of the molecule is CC(C)(C)OC(=O)CCc1ccc(N2CCN(c3ccc(/C(N)=N/O)cn3)CC2)cc1. The molecule has 0 aliphatic carbocycles. The van der Waals surface area contributed by atoms with E-state index >= 15 is 0 Å². The Kier molecular flexibility index (Phi) is 6.99. The molecule has 1 fully saturated rings. The van der Waals surface area contributed by atoms with E-state index in [-0.39, 0.29) is 11.8 Å². The van der Waals surface area contributed by atoms with Crippen LogP contribution >= 0.6 is 0 Å². The molecule has 1 aliphatic heterocycles. The van der Waals surface area contributed by atoms with Crippen molar-refractivity contribution in [2.45, 2.75) is 39.2 Å². The second-order valence-corrected chi connectivity index (χ2v) is 8.62. The van der Waals surface area contributed by atoms with Crippen molar-refractivity contribution < 1.29 is 14.7 Å². The number of aryl methyl sites for hydroxylation is 1. The van der Waals surface area contributed by atoms with Gasteiger partial charge in [0.1, 0.15) is 11.4 Å². The second-order valence-electron chi connectivity index (χ2n) is 8.62. The number of carbonyl (C=O) groups excluding carboxylic acids is 1. The Morgan fingerprint density at radius 3 is 2.29 bits per heavy atom. The smallest absolute Gasteiger partial charge is 0.306 e. The van der Waals surface area contributed by atoms with Gasteiger partial charge < -0.3 is 25.5 Å².